The van der Waals surface area contributed by atoms with E-state index < -0.39 is 0 Å². The zero-order valence-electron chi connectivity index (χ0n) is 13.7. The summed E-state index contributed by atoms with van der Waals surface area (Å²) < 4.78 is 2.10. The number of aryl methyl sites for hydroxylation is 2. The number of carbonyl (C=O) groups excluding carboxylic acids is 1. The molecule has 1 amide bonds. The van der Waals surface area contributed by atoms with E-state index in [1.54, 1.807) is 0 Å². The van der Waals surface area contributed by atoms with Crippen LogP contribution in [0.5, 0.6) is 0 Å². The molecule has 1 aromatic heterocycles. The minimum Gasteiger partial charge on any atom is -0.394 e. The van der Waals surface area contributed by atoms with Gasteiger partial charge in [-0.05, 0) is 24.0 Å². The van der Waals surface area contributed by atoms with Gasteiger partial charge in [0.05, 0.1) is 12.6 Å². The minimum atomic E-state index is -0.148. The number of nitrogens with zero attached hydrogens (tertiary/aromatic N) is 1. The molecule has 0 spiro atoms. The quantitative estimate of drug-likeness (QED) is 0.826. The summed E-state index contributed by atoms with van der Waals surface area (Å²) in [6.45, 7) is 4.11. The first kappa shape index (κ1) is 16.6. The monoisotopic (exact) mass is 302 g/mol. The summed E-state index contributed by atoms with van der Waals surface area (Å²) >= 11 is 0. The van der Waals surface area contributed by atoms with E-state index in [0.717, 1.165) is 6.42 Å². The number of aliphatic hydroxyl groups is 1. The van der Waals surface area contributed by atoms with Crippen molar-refractivity contribution in [1.82, 2.24) is 9.88 Å². The van der Waals surface area contributed by atoms with Crippen LogP contribution in [-0.2, 0) is 18.3 Å². The average Bonchev–Trinajstić information content (AvgIpc) is 2.86. The average molecular weight is 302 g/mol. The van der Waals surface area contributed by atoms with Crippen molar-refractivity contribution < 1.29 is 9.90 Å². The molecule has 0 unspecified atom stereocenters. The minimum absolute atomic E-state index is 0.00495. The van der Waals surface area contributed by atoms with Gasteiger partial charge in [0, 0.05) is 30.6 Å². The first-order valence-corrected chi connectivity index (χ1v) is 8.00. The highest BCUT2D eigenvalue weighted by molar-refractivity contribution is 5.85. The van der Waals surface area contributed by atoms with Gasteiger partial charge >= 0.3 is 0 Å². The van der Waals surface area contributed by atoms with Crippen LogP contribution in [0.25, 0.3) is 10.9 Å². The van der Waals surface area contributed by atoms with Gasteiger partial charge in [-0.3, -0.25) is 4.79 Å². The predicted octanol–water partition coefficient (Wildman–Crippen LogP) is 2.63. The molecule has 0 bridgehead atoms. The second-order valence-corrected chi connectivity index (χ2v) is 6.02. The van der Waals surface area contributed by atoms with Gasteiger partial charge in [0.2, 0.25) is 5.91 Å². The van der Waals surface area contributed by atoms with Gasteiger partial charge in [0.15, 0.2) is 0 Å². The van der Waals surface area contributed by atoms with E-state index in [1.807, 2.05) is 26.1 Å². The van der Waals surface area contributed by atoms with Crippen molar-refractivity contribution >= 4 is 16.8 Å². The molecule has 2 aromatic rings. The molecule has 0 saturated heterocycles. The van der Waals surface area contributed by atoms with E-state index in [1.165, 1.54) is 16.5 Å². The van der Waals surface area contributed by atoms with Gasteiger partial charge in [-0.2, -0.15) is 0 Å². The number of aliphatic hydroxyl groups excluding tert-OH is 1. The Bertz CT molecular complexity index is 633. The summed E-state index contributed by atoms with van der Waals surface area (Å²) in [5.41, 5.74) is 2.38. The molecule has 4 heteroatoms. The molecule has 2 rings (SSSR count). The van der Waals surface area contributed by atoms with Crippen molar-refractivity contribution in [3.63, 3.8) is 0 Å². The number of rotatable bonds is 7. The summed E-state index contributed by atoms with van der Waals surface area (Å²) in [6.07, 6.45) is 4.19. The number of hydrogen-bond acceptors (Lipinski definition) is 2. The third-order valence-corrected chi connectivity index (χ3v) is 4.47. The van der Waals surface area contributed by atoms with E-state index in [-0.39, 0.29) is 24.5 Å². The van der Waals surface area contributed by atoms with Gasteiger partial charge < -0.3 is 15.0 Å². The molecular formula is C18H26N2O2. The summed E-state index contributed by atoms with van der Waals surface area (Å²) in [5, 5.41) is 13.5. The van der Waals surface area contributed by atoms with E-state index in [4.69, 9.17) is 0 Å². The normalized spacial score (nSPS) is 14.0. The lowest BCUT2D eigenvalue weighted by atomic mass is 9.99. The van der Waals surface area contributed by atoms with Crippen LogP contribution in [0.4, 0.5) is 0 Å². The molecule has 22 heavy (non-hydrogen) atoms. The van der Waals surface area contributed by atoms with E-state index in [2.05, 4.69) is 35.1 Å². The molecule has 0 aliphatic carbocycles. The third kappa shape index (κ3) is 3.69. The fraction of sp³-hybridized carbons (Fsp3) is 0.500. The summed E-state index contributed by atoms with van der Waals surface area (Å²) in [4.78, 5) is 12.1. The molecule has 2 atom stereocenters. The van der Waals surface area contributed by atoms with Gasteiger partial charge in [-0.1, -0.05) is 38.5 Å². The van der Waals surface area contributed by atoms with Crippen LogP contribution in [0.3, 0.4) is 0 Å². The number of amides is 1. The summed E-state index contributed by atoms with van der Waals surface area (Å²) in [7, 11) is 2.02. The van der Waals surface area contributed by atoms with Crippen LogP contribution in [-0.4, -0.2) is 28.2 Å². The highest BCUT2D eigenvalue weighted by atomic mass is 16.3. The van der Waals surface area contributed by atoms with Gasteiger partial charge in [0.25, 0.3) is 0 Å². The van der Waals surface area contributed by atoms with Crippen LogP contribution in [0.1, 0.15) is 32.3 Å². The Morgan fingerprint density at radius 3 is 2.77 bits per heavy atom. The van der Waals surface area contributed by atoms with Crippen molar-refractivity contribution in [3.05, 3.63) is 36.0 Å². The lowest BCUT2D eigenvalue weighted by Crippen LogP contribution is -2.41. The number of aromatic nitrogens is 1. The van der Waals surface area contributed by atoms with Crippen LogP contribution in [0.2, 0.25) is 0 Å². The molecule has 0 saturated carbocycles. The summed E-state index contributed by atoms with van der Waals surface area (Å²) in [6, 6.07) is 8.08. The molecule has 120 valence electrons. The molecule has 0 fully saturated rings. The van der Waals surface area contributed by atoms with Crippen molar-refractivity contribution in [2.75, 3.05) is 6.61 Å². The molecule has 2 N–H and O–H groups in total. The second kappa shape index (κ2) is 7.45. The highest BCUT2D eigenvalue weighted by Gasteiger charge is 2.17. The largest absolute Gasteiger partial charge is 0.394 e. The Labute approximate surface area is 132 Å². The standard InChI is InChI=1S/C18H26N2O2/c1-4-13(2)16(12-21)19-18(22)10-9-14-11-20(3)17-8-6-5-7-15(14)17/h5-8,11,13,16,21H,4,9-10,12H2,1-3H3,(H,19,22)/t13-,16-/m1/s1. The predicted molar refractivity (Wildman–Crippen MR) is 89.7 cm³/mol. The van der Waals surface area contributed by atoms with Gasteiger partial charge in [-0.25, -0.2) is 0 Å². The lowest BCUT2D eigenvalue weighted by Gasteiger charge is -2.22. The zero-order valence-corrected chi connectivity index (χ0v) is 13.7. The number of nitrogens with one attached hydrogen (secondary N) is 1. The highest BCUT2D eigenvalue weighted by Crippen LogP contribution is 2.21. The maximum absolute atomic E-state index is 12.1. The Morgan fingerprint density at radius 1 is 1.36 bits per heavy atom. The Kier molecular flexibility index (Phi) is 5.61. The van der Waals surface area contributed by atoms with Crippen molar-refractivity contribution in [3.8, 4) is 0 Å². The number of carbonyl (C=O) groups is 1. The topological polar surface area (TPSA) is 54.3 Å². The van der Waals surface area contributed by atoms with Crippen LogP contribution in [0, 0.1) is 5.92 Å². The maximum Gasteiger partial charge on any atom is 0.220 e. The zero-order chi connectivity index (χ0) is 16.1. The maximum atomic E-state index is 12.1. The number of benzene rings is 1. The Hall–Kier alpha value is -1.81. The van der Waals surface area contributed by atoms with Gasteiger partial charge in [-0.15, -0.1) is 0 Å². The molecular weight excluding hydrogens is 276 g/mol. The molecule has 0 aliphatic rings. The third-order valence-electron chi connectivity index (χ3n) is 4.47. The SMILES string of the molecule is CC[C@@H](C)[C@@H](CO)NC(=O)CCc1cn(C)c2ccccc12. The van der Waals surface area contributed by atoms with Crippen LogP contribution in [0.15, 0.2) is 30.5 Å². The second-order valence-electron chi connectivity index (χ2n) is 6.02. The smallest absolute Gasteiger partial charge is 0.220 e. The number of fused-ring (bicyclic) bond motifs is 1. The van der Waals surface area contributed by atoms with E-state index in [0.29, 0.717) is 12.8 Å². The van der Waals surface area contributed by atoms with Crippen LogP contribution >= 0.6 is 0 Å². The molecule has 1 heterocycles. The number of para-hydroxylation sites is 1. The molecule has 1 aromatic carbocycles. The first-order chi connectivity index (χ1) is 10.6. The lowest BCUT2D eigenvalue weighted by molar-refractivity contribution is -0.122. The van der Waals surface area contributed by atoms with Crippen molar-refractivity contribution in [2.45, 2.75) is 39.2 Å². The summed E-state index contributed by atoms with van der Waals surface area (Å²) in [5.74, 6) is 0.291. The Balaban J connectivity index is 1.98. The van der Waals surface area contributed by atoms with Gasteiger partial charge in [0.1, 0.15) is 0 Å². The molecule has 0 radical (unpaired) electrons. The van der Waals surface area contributed by atoms with Crippen LogP contribution < -0.4 is 5.32 Å². The van der Waals surface area contributed by atoms with Crippen molar-refractivity contribution in [2.24, 2.45) is 13.0 Å². The Morgan fingerprint density at radius 2 is 2.09 bits per heavy atom. The molecule has 0 aliphatic heterocycles. The number of hydrogen-bond donors (Lipinski definition) is 2. The fourth-order valence-electron chi connectivity index (χ4n) is 2.80. The van der Waals surface area contributed by atoms with Crippen molar-refractivity contribution in [1.29, 1.82) is 0 Å². The van der Waals surface area contributed by atoms with E-state index >= 15 is 0 Å². The first-order valence-electron chi connectivity index (χ1n) is 8.00. The fourth-order valence-corrected chi connectivity index (χ4v) is 2.80. The molecule has 4 nitrogen and oxygen atoms in total. The van der Waals surface area contributed by atoms with E-state index in [9.17, 15) is 9.90 Å².